The summed E-state index contributed by atoms with van der Waals surface area (Å²) in [5.41, 5.74) is 2.24. The Hall–Kier alpha value is -2.34. The molecule has 1 unspecified atom stereocenters. The van der Waals surface area contributed by atoms with Crippen molar-refractivity contribution >= 4 is 5.96 Å². The van der Waals surface area contributed by atoms with Gasteiger partial charge in [0, 0.05) is 19.2 Å². The number of hydrogen-bond donors (Lipinski definition) is 2. The Morgan fingerprint density at radius 1 is 1.19 bits per heavy atom. The Labute approximate surface area is 156 Å². The van der Waals surface area contributed by atoms with Crippen LogP contribution in [0.4, 0.5) is 0 Å². The van der Waals surface area contributed by atoms with Gasteiger partial charge in [-0.1, -0.05) is 49.3 Å². The van der Waals surface area contributed by atoms with Gasteiger partial charge in [0.15, 0.2) is 11.7 Å². The number of benzene rings is 1. The molecule has 0 spiro atoms. The van der Waals surface area contributed by atoms with Crippen LogP contribution in [0.15, 0.2) is 45.9 Å². The summed E-state index contributed by atoms with van der Waals surface area (Å²) in [5, 5.41) is 10.8. The Kier molecular flexibility index (Phi) is 7.66. The van der Waals surface area contributed by atoms with E-state index in [-0.39, 0.29) is 6.04 Å². The lowest BCUT2D eigenvalue weighted by atomic mass is 10.1. The molecule has 0 bridgehead atoms. The van der Waals surface area contributed by atoms with E-state index >= 15 is 0 Å². The number of aliphatic imine (C=N–C) groups is 1. The number of hydrogen-bond acceptors (Lipinski definition) is 4. The van der Waals surface area contributed by atoms with Crippen molar-refractivity contribution in [1.82, 2.24) is 20.7 Å². The predicted octanol–water partition coefficient (Wildman–Crippen LogP) is 3.16. The molecule has 2 aromatic rings. The fraction of sp³-hybridized carbons (Fsp3) is 0.500. The minimum absolute atomic E-state index is 0.262. The minimum Gasteiger partial charge on any atom is -0.359 e. The molecule has 1 aromatic heterocycles. The Morgan fingerprint density at radius 3 is 2.50 bits per heavy atom. The molecular weight excluding hydrogens is 326 g/mol. The molecule has 0 saturated carbocycles. The molecule has 0 aliphatic rings. The van der Waals surface area contributed by atoms with E-state index in [0.29, 0.717) is 12.5 Å². The van der Waals surface area contributed by atoms with Crippen LogP contribution < -0.4 is 10.6 Å². The molecule has 0 aliphatic carbocycles. The van der Waals surface area contributed by atoms with E-state index in [2.05, 4.69) is 84.8 Å². The van der Waals surface area contributed by atoms with E-state index in [1.165, 1.54) is 5.56 Å². The van der Waals surface area contributed by atoms with Crippen molar-refractivity contribution in [3.63, 3.8) is 0 Å². The second-order valence-corrected chi connectivity index (χ2v) is 6.84. The first kappa shape index (κ1) is 20.0. The third-order valence-corrected chi connectivity index (χ3v) is 4.18. The zero-order valence-corrected chi connectivity index (χ0v) is 16.5. The number of guanidine groups is 1. The van der Waals surface area contributed by atoms with Crippen molar-refractivity contribution in [1.29, 1.82) is 0 Å². The van der Waals surface area contributed by atoms with Crippen LogP contribution in [-0.4, -0.2) is 43.2 Å². The summed E-state index contributed by atoms with van der Waals surface area (Å²) < 4.78 is 5.37. The number of nitrogens with one attached hydrogen (secondary N) is 2. The molecule has 0 aliphatic heterocycles. The molecule has 2 N–H and O–H groups in total. The highest BCUT2D eigenvalue weighted by atomic mass is 16.5. The Balaban J connectivity index is 2.01. The molecule has 0 fully saturated rings. The van der Waals surface area contributed by atoms with Crippen molar-refractivity contribution in [3.8, 4) is 0 Å². The van der Waals surface area contributed by atoms with Crippen LogP contribution in [0.3, 0.4) is 0 Å². The largest absolute Gasteiger partial charge is 0.359 e. The highest BCUT2D eigenvalue weighted by Gasteiger charge is 2.14. The smallest absolute Gasteiger partial charge is 0.191 e. The topological polar surface area (TPSA) is 65.7 Å². The van der Waals surface area contributed by atoms with Gasteiger partial charge < -0.3 is 20.1 Å². The molecule has 0 saturated heterocycles. The Bertz CT molecular complexity index is 679. The molecule has 1 heterocycles. The monoisotopic (exact) mass is 357 g/mol. The van der Waals surface area contributed by atoms with Crippen molar-refractivity contribution < 1.29 is 4.52 Å². The maximum atomic E-state index is 5.37. The zero-order valence-electron chi connectivity index (χ0n) is 16.5. The van der Waals surface area contributed by atoms with E-state index in [1.54, 1.807) is 0 Å². The fourth-order valence-corrected chi connectivity index (χ4v) is 2.64. The zero-order chi connectivity index (χ0) is 18.9. The van der Waals surface area contributed by atoms with Gasteiger partial charge >= 0.3 is 0 Å². The van der Waals surface area contributed by atoms with Gasteiger partial charge in [-0.3, -0.25) is 0 Å². The number of nitrogens with zero attached hydrogens (tertiary/aromatic N) is 3. The number of aromatic nitrogens is 1. The Morgan fingerprint density at radius 2 is 1.92 bits per heavy atom. The van der Waals surface area contributed by atoms with Crippen LogP contribution in [-0.2, 0) is 6.54 Å². The average molecular weight is 358 g/mol. The van der Waals surface area contributed by atoms with Crippen molar-refractivity contribution in [2.75, 3.05) is 27.2 Å². The lowest BCUT2D eigenvalue weighted by Gasteiger charge is -2.26. The van der Waals surface area contributed by atoms with Crippen molar-refractivity contribution in [2.45, 2.75) is 39.3 Å². The van der Waals surface area contributed by atoms with Crippen LogP contribution >= 0.6 is 0 Å². The first-order chi connectivity index (χ1) is 12.5. The van der Waals surface area contributed by atoms with E-state index in [4.69, 9.17) is 4.52 Å². The highest BCUT2D eigenvalue weighted by molar-refractivity contribution is 5.79. The van der Waals surface area contributed by atoms with Gasteiger partial charge in [0.2, 0.25) is 0 Å². The van der Waals surface area contributed by atoms with Crippen LogP contribution in [0.5, 0.6) is 0 Å². The molecule has 6 heteroatoms. The molecule has 26 heavy (non-hydrogen) atoms. The van der Waals surface area contributed by atoms with E-state index in [1.807, 2.05) is 12.1 Å². The SMILES string of the molecule is CCNC(=NCc1cc(C(C)C)no1)NCC(c1ccccc1)N(C)C. The summed E-state index contributed by atoms with van der Waals surface area (Å²) in [6.45, 7) is 8.28. The van der Waals surface area contributed by atoms with Gasteiger partial charge in [0.05, 0.1) is 11.7 Å². The predicted molar refractivity (Wildman–Crippen MR) is 106 cm³/mol. The minimum atomic E-state index is 0.262. The molecule has 1 aromatic carbocycles. The summed E-state index contributed by atoms with van der Waals surface area (Å²) in [4.78, 5) is 6.83. The molecular formula is C20H31N5O. The second kappa shape index (κ2) is 9.97. The quantitative estimate of drug-likeness (QED) is 0.561. The fourth-order valence-electron chi connectivity index (χ4n) is 2.64. The molecule has 1 atom stereocenters. The summed E-state index contributed by atoms with van der Waals surface area (Å²) in [7, 11) is 4.18. The van der Waals surface area contributed by atoms with Gasteiger partial charge in [-0.15, -0.1) is 0 Å². The van der Waals surface area contributed by atoms with E-state index in [0.717, 1.165) is 30.5 Å². The number of likely N-dealkylation sites (N-methyl/N-ethyl adjacent to an activating group) is 1. The lowest BCUT2D eigenvalue weighted by molar-refractivity contribution is 0.298. The van der Waals surface area contributed by atoms with Crippen molar-refractivity contribution in [3.05, 3.63) is 53.4 Å². The van der Waals surface area contributed by atoms with Gasteiger partial charge in [-0.05, 0) is 32.5 Å². The van der Waals surface area contributed by atoms with Crippen LogP contribution in [0, 0.1) is 0 Å². The van der Waals surface area contributed by atoms with Crippen LogP contribution in [0.2, 0.25) is 0 Å². The summed E-state index contributed by atoms with van der Waals surface area (Å²) in [5.74, 6) is 1.91. The maximum absolute atomic E-state index is 5.37. The normalized spacial score (nSPS) is 13.3. The third kappa shape index (κ3) is 5.88. The lowest BCUT2D eigenvalue weighted by Crippen LogP contribution is -2.41. The van der Waals surface area contributed by atoms with Gasteiger partial charge in [0.1, 0.15) is 6.54 Å². The first-order valence-corrected chi connectivity index (χ1v) is 9.20. The van der Waals surface area contributed by atoms with E-state index < -0.39 is 0 Å². The molecule has 0 radical (unpaired) electrons. The molecule has 142 valence electrons. The summed E-state index contributed by atoms with van der Waals surface area (Å²) in [6.07, 6.45) is 0. The van der Waals surface area contributed by atoms with Crippen LogP contribution in [0.25, 0.3) is 0 Å². The standard InChI is InChI=1S/C20H31N5O/c1-6-21-20(22-13-17-12-18(15(2)3)24-26-17)23-14-19(25(4)5)16-10-8-7-9-11-16/h7-12,15,19H,6,13-14H2,1-5H3,(H2,21,22,23). The maximum Gasteiger partial charge on any atom is 0.191 e. The summed E-state index contributed by atoms with van der Waals surface area (Å²) in [6, 6.07) is 12.7. The molecule has 6 nitrogen and oxygen atoms in total. The molecule has 2 rings (SSSR count). The summed E-state index contributed by atoms with van der Waals surface area (Å²) >= 11 is 0. The van der Waals surface area contributed by atoms with Gasteiger partial charge in [0.25, 0.3) is 0 Å². The van der Waals surface area contributed by atoms with Gasteiger partial charge in [-0.25, -0.2) is 4.99 Å². The van der Waals surface area contributed by atoms with Crippen LogP contribution in [0.1, 0.15) is 49.7 Å². The second-order valence-electron chi connectivity index (χ2n) is 6.84. The average Bonchev–Trinajstić information content (AvgIpc) is 3.10. The third-order valence-electron chi connectivity index (χ3n) is 4.18. The highest BCUT2D eigenvalue weighted by Crippen LogP contribution is 2.17. The van der Waals surface area contributed by atoms with Gasteiger partial charge in [-0.2, -0.15) is 0 Å². The molecule has 0 amide bonds. The van der Waals surface area contributed by atoms with E-state index in [9.17, 15) is 0 Å². The van der Waals surface area contributed by atoms with Crippen molar-refractivity contribution in [2.24, 2.45) is 4.99 Å². The number of rotatable bonds is 8. The first-order valence-electron chi connectivity index (χ1n) is 9.20.